The fourth-order valence-corrected chi connectivity index (χ4v) is 2.51. The van der Waals surface area contributed by atoms with Gasteiger partial charge in [-0.15, -0.1) is 0 Å². The van der Waals surface area contributed by atoms with Gasteiger partial charge in [-0.3, -0.25) is 4.99 Å². The number of nitrogens with two attached hydrogens (primary N) is 1. The third kappa shape index (κ3) is 2.67. The van der Waals surface area contributed by atoms with Crippen LogP contribution in [0.3, 0.4) is 0 Å². The van der Waals surface area contributed by atoms with Gasteiger partial charge in [0.1, 0.15) is 17.3 Å². The maximum absolute atomic E-state index is 13.3. The Morgan fingerprint density at radius 2 is 2.14 bits per heavy atom. The van der Waals surface area contributed by atoms with Gasteiger partial charge < -0.3 is 10.6 Å². The summed E-state index contributed by atoms with van der Waals surface area (Å²) in [6.45, 7) is 1.34. The number of aromatic nitrogens is 2. The highest BCUT2D eigenvalue weighted by atomic mass is 19.1. The monoisotopic (exact) mass is 297 g/mol. The smallest absolute Gasteiger partial charge is 0.179 e. The van der Waals surface area contributed by atoms with Crippen LogP contribution in [0, 0.1) is 5.82 Å². The molecule has 0 spiro atoms. The van der Waals surface area contributed by atoms with Crippen molar-refractivity contribution in [1.29, 1.82) is 0 Å². The molecular formula is C16H16FN5. The molecule has 0 atom stereocenters. The standard InChI is InChI=1S/C16H16FN5/c1-19-14(4-6-18)16-20-7-5-15(21-16)22-9-11-2-3-13(17)8-12(11)10-22/h2-8H,9-10,18H2,1H3. The van der Waals surface area contributed by atoms with E-state index in [0.717, 1.165) is 16.9 Å². The average molecular weight is 297 g/mol. The normalized spacial score (nSPS) is 14.6. The molecular weight excluding hydrogens is 281 g/mol. The summed E-state index contributed by atoms with van der Waals surface area (Å²) in [5.41, 5.74) is 8.14. The molecule has 0 saturated carbocycles. The van der Waals surface area contributed by atoms with E-state index >= 15 is 0 Å². The molecule has 5 nitrogen and oxygen atoms in total. The van der Waals surface area contributed by atoms with Crippen molar-refractivity contribution in [2.45, 2.75) is 13.1 Å². The Kier molecular flexibility index (Phi) is 3.82. The number of rotatable bonds is 3. The minimum absolute atomic E-state index is 0.211. The molecule has 6 heteroatoms. The fraction of sp³-hybridized carbons (Fsp3) is 0.188. The van der Waals surface area contributed by atoms with Crippen molar-refractivity contribution >= 4 is 11.5 Å². The Hall–Kier alpha value is -2.76. The number of aliphatic imine (C=N–C) groups is 1. The van der Waals surface area contributed by atoms with Gasteiger partial charge in [0, 0.05) is 26.3 Å². The fourth-order valence-electron chi connectivity index (χ4n) is 2.51. The number of hydrogen-bond acceptors (Lipinski definition) is 5. The van der Waals surface area contributed by atoms with E-state index in [1.54, 1.807) is 25.4 Å². The molecule has 112 valence electrons. The van der Waals surface area contributed by atoms with Gasteiger partial charge in [0.05, 0.1) is 0 Å². The highest BCUT2D eigenvalue weighted by Gasteiger charge is 2.21. The molecule has 1 aromatic carbocycles. The predicted molar refractivity (Wildman–Crippen MR) is 84.1 cm³/mol. The van der Waals surface area contributed by atoms with E-state index in [1.165, 1.54) is 12.3 Å². The van der Waals surface area contributed by atoms with Crippen LogP contribution < -0.4 is 10.6 Å². The minimum Gasteiger partial charge on any atom is -0.405 e. The van der Waals surface area contributed by atoms with Crippen LogP contribution >= 0.6 is 0 Å². The third-order valence-corrected chi connectivity index (χ3v) is 3.58. The van der Waals surface area contributed by atoms with E-state index in [0.29, 0.717) is 24.6 Å². The van der Waals surface area contributed by atoms with Crippen molar-refractivity contribution in [2.75, 3.05) is 11.9 Å². The number of nitrogens with zero attached hydrogens (tertiary/aromatic N) is 4. The maximum Gasteiger partial charge on any atom is 0.179 e. The van der Waals surface area contributed by atoms with Crippen molar-refractivity contribution in [1.82, 2.24) is 9.97 Å². The lowest BCUT2D eigenvalue weighted by Crippen LogP contribution is -2.18. The van der Waals surface area contributed by atoms with Crippen molar-refractivity contribution in [3.8, 4) is 0 Å². The second kappa shape index (κ2) is 5.93. The molecule has 0 amide bonds. The summed E-state index contributed by atoms with van der Waals surface area (Å²) in [5, 5.41) is 0. The zero-order valence-electron chi connectivity index (χ0n) is 12.2. The van der Waals surface area contributed by atoms with Crippen LogP contribution in [-0.4, -0.2) is 22.7 Å². The Balaban J connectivity index is 1.88. The first-order valence-corrected chi connectivity index (χ1v) is 6.92. The van der Waals surface area contributed by atoms with Gasteiger partial charge >= 0.3 is 0 Å². The lowest BCUT2D eigenvalue weighted by atomic mass is 10.1. The van der Waals surface area contributed by atoms with E-state index in [2.05, 4.69) is 19.9 Å². The molecule has 0 radical (unpaired) electrons. The molecule has 1 aliphatic rings. The summed E-state index contributed by atoms with van der Waals surface area (Å²) in [5.74, 6) is 1.09. The first kappa shape index (κ1) is 14.2. The Bertz CT molecular complexity index is 754. The van der Waals surface area contributed by atoms with Crippen molar-refractivity contribution in [2.24, 2.45) is 10.7 Å². The first-order chi connectivity index (χ1) is 10.7. The lowest BCUT2D eigenvalue weighted by Gasteiger charge is -2.16. The molecule has 2 heterocycles. The van der Waals surface area contributed by atoms with Gasteiger partial charge in [-0.05, 0) is 41.6 Å². The number of halogens is 1. The zero-order valence-corrected chi connectivity index (χ0v) is 12.2. The largest absolute Gasteiger partial charge is 0.405 e. The number of allylic oxidation sites excluding steroid dienone is 1. The van der Waals surface area contributed by atoms with Crippen molar-refractivity contribution < 1.29 is 4.39 Å². The van der Waals surface area contributed by atoms with Crippen LogP contribution in [0.4, 0.5) is 10.2 Å². The van der Waals surface area contributed by atoms with Crippen molar-refractivity contribution in [3.05, 3.63) is 65.5 Å². The van der Waals surface area contributed by atoms with Gasteiger partial charge in [0.25, 0.3) is 0 Å². The molecule has 1 aromatic heterocycles. The van der Waals surface area contributed by atoms with Crippen LogP contribution in [0.25, 0.3) is 0 Å². The summed E-state index contributed by atoms with van der Waals surface area (Å²) in [4.78, 5) is 15.0. The molecule has 0 unspecified atom stereocenters. The summed E-state index contributed by atoms with van der Waals surface area (Å²) in [6.07, 6.45) is 4.76. The molecule has 0 fully saturated rings. The van der Waals surface area contributed by atoms with E-state index in [1.807, 2.05) is 12.1 Å². The molecule has 2 N–H and O–H groups in total. The van der Waals surface area contributed by atoms with Crippen molar-refractivity contribution in [3.63, 3.8) is 0 Å². The molecule has 22 heavy (non-hydrogen) atoms. The molecule has 2 aromatic rings. The van der Waals surface area contributed by atoms with E-state index < -0.39 is 0 Å². The van der Waals surface area contributed by atoms with E-state index in [9.17, 15) is 4.39 Å². The summed E-state index contributed by atoms with van der Waals surface area (Å²) in [6, 6.07) is 6.73. The Morgan fingerprint density at radius 3 is 2.91 bits per heavy atom. The first-order valence-electron chi connectivity index (χ1n) is 6.92. The van der Waals surface area contributed by atoms with Crippen LogP contribution in [-0.2, 0) is 13.1 Å². The third-order valence-electron chi connectivity index (χ3n) is 3.58. The highest BCUT2D eigenvalue weighted by molar-refractivity contribution is 6.06. The number of fused-ring (bicyclic) bond motifs is 1. The summed E-state index contributed by atoms with van der Waals surface area (Å²) in [7, 11) is 1.67. The molecule has 0 saturated heterocycles. The second-order valence-corrected chi connectivity index (χ2v) is 4.98. The van der Waals surface area contributed by atoms with Gasteiger partial charge in [0.2, 0.25) is 0 Å². The van der Waals surface area contributed by atoms with Gasteiger partial charge in [-0.2, -0.15) is 0 Å². The summed E-state index contributed by atoms with van der Waals surface area (Å²) < 4.78 is 13.3. The van der Waals surface area contributed by atoms with Crippen LogP contribution in [0.2, 0.25) is 0 Å². The molecule has 3 rings (SSSR count). The zero-order chi connectivity index (χ0) is 15.5. The number of hydrogen-bond donors (Lipinski definition) is 1. The summed E-state index contributed by atoms with van der Waals surface area (Å²) >= 11 is 0. The van der Waals surface area contributed by atoms with Gasteiger partial charge in [0.15, 0.2) is 5.82 Å². The topological polar surface area (TPSA) is 67.4 Å². The Labute approximate surface area is 128 Å². The lowest BCUT2D eigenvalue weighted by molar-refractivity contribution is 0.626. The van der Waals surface area contributed by atoms with Crippen LogP contribution in [0.15, 0.2) is 47.7 Å². The molecule has 0 aliphatic carbocycles. The SMILES string of the molecule is CN=C(C=CN)c1nccc(N2Cc3ccc(F)cc3C2)n1. The Morgan fingerprint density at radius 1 is 1.32 bits per heavy atom. The second-order valence-electron chi connectivity index (χ2n) is 4.98. The maximum atomic E-state index is 13.3. The van der Waals surface area contributed by atoms with Gasteiger partial charge in [-0.25, -0.2) is 14.4 Å². The minimum atomic E-state index is -0.211. The number of benzene rings is 1. The molecule has 0 bridgehead atoms. The average Bonchev–Trinajstić information content (AvgIpc) is 2.96. The highest BCUT2D eigenvalue weighted by Crippen LogP contribution is 2.27. The number of anilines is 1. The van der Waals surface area contributed by atoms with E-state index in [4.69, 9.17) is 5.73 Å². The van der Waals surface area contributed by atoms with E-state index in [-0.39, 0.29) is 5.82 Å². The quantitative estimate of drug-likeness (QED) is 0.880. The van der Waals surface area contributed by atoms with Gasteiger partial charge in [-0.1, -0.05) is 6.07 Å². The predicted octanol–water partition coefficient (Wildman–Crippen LogP) is 2.03. The molecule has 1 aliphatic heterocycles. The van der Waals surface area contributed by atoms with Crippen LogP contribution in [0.1, 0.15) is 17.0 Å². The van der Waals surface area contributed by atoms with Crippen LogP contribution in [0.5, 0.6) is 0 Å².